The van der Waals surface area contributed by atoms with Crippen LogP contribution in [0.25, 0.3) is 0 Å². The Morgan fingerprint density at radius 2 is 1.17 bits per heavy atom. The second-order valence-corrected chi connectivity index (χ2v) is 3.19. The standard InChI is InChI=1S/C8H10BrNO2.11H3N/c1-11-5-12-8-3-6(9)2-7(10)4-8;;;;;;;;;;;/h2-4H,5,10H2,1H3;11*1H3. The summed E-state index contributed by atoms with van der Waals surface area (Å²) in [5.41, 5.74) is 6.24. The molecule has 0 radical (unpaired) electrons. The quantitative estimate of drug-likeness (QED) is 0.244. The summed E-state index contributed by atoms with van der Waals surface area (Å²) < 4.78 is 10.8. The minimum absolute atomic E-state index is 0. The molecule has 15 heteroatoms. The number of nitrogen functional groups attached to an aromatic ring is 1. The minimum Gasteiger partial charge on any atom is -0.467 e. The molecule has 1 rings (SSSR count). The van der Waals surface area contributed by atoms with Crippen molar-refractivity contribution in [3.8, 4) is 5.75 Å². The van der Waals surface area contributed by atoms with Gasteiger partial charge in [0.05, 0.1) is 0 Å². The van der Waals surface area contributed by atoms with E-state index in [4.69, 9.17) is 15.2 Å². The fourth-order valence-corrected chi connectivity index (χ4v) is 1.28. The molecular formula is C8H43BrN12O2. The number of nitrogens with two attached hydrogens (primary N) is 1. The van der Waals surface area contributed by atoms with Crippen molar-refractivity contribution >= 4 is 21.6 Å². The molecule has 1 aromatic carbocycles. The van der Waals surface area contributed by atoms with Crippen molar-refractivity contribution in [3.05, 3.63) is 22.7 Å². The summed E-state index contributed by atoms with van der Waals surface area (Å²) in [6.45, 7) is 0.232. The van der Waals surface area contributed by atoms with Crippen LogP contribution in [-0.4, -0.2) is 13.9 Å². The van der Waals surface area contributed by atoms with Crippen molar-refractivity contribution in [3.63, 3.8) is 0 Å². The van der Waals surface area contributed by atoms with E-state index in [1.807, 2.05) is 6.07 Å². The van der Waals surface area contributed by atoms with E-state index < -0.39 is 0 Å². The van der Waals surface area contributed by atoms with Gasteiger partial charge >= 0.3 is 0 Å². The molecule has 23 heavy (non-hydrogen) atoms. The smallest absolute Gasteiger partial charge is 0.188 e. The first-order valence-electron chi connectivity index (χ1n) is 3.40. The largest absolute Gasteiger partial charge is 0.467 e. The molecule has 0 aliphatic rings. The van der Waals surface area contributed by atoms with Crippen LogP contribution in [0.5, 0.6) is 5.75 Å². The van der Waals surface area contributed by atoms with Crippen LogP contribution in [0.2, 0.25) is 0 Å². The number of hydrogen-bond acceptors (Lipinski definition) is 14. The summed E-state index contributed by atoms with van der Waals surface area (Å²) in [5.74, 6) is 0.698. The predicted octanol–water partition coefficient (Wildman–Crippen LogP) is 3.80. The average Bonchev–Trinajstić information content (AvgIpc) is 1.99. The van der Waals surface area contributed by atoms with Crippen molar-refractivity contribution < 1.29 is 9.47 Å². The summed E-state index contributed by atoms with van der Waals surface area (Å²) in [7, 11) is 1.57. The molecule has 0 aliphatic heterocycles. The van der Waals surface area contributed by atoms with Crippen LogP contribution in [0.3, 0.4) is 0 Å². The van der Waals surface area contributed by atoms with Gasteiger partial charge in [0, 0.05) is 23.3 Å². The molecule has 0 aromatic heterocycles. The SMILES string of the molecule is COCOc1cc(N)cc(Br)c1.N.N.N.N.N.N.N.N.N.N.N. The molecule has 0 heterocycles. The second kappa shape index (κ2) is 42.8. The molecule has 1 aromatic rings. The maximum absolute atomic E-state index is 5.58. The summed E-state index contributed by atoms with van der Waals surface area (Å²) in [6.07, 6.45) is 0. The molecule has 0 aliphatic carbocycles. The van der Waals surface area contributed by atoms with Gasteiger partial charge < -0.3 is 82.9 Å². The Kier molecular flexibility index (Phi) is 150. The lowest BCUT2D eigenvalue weighted by atomic mass is 10.3. The number of methoxy groups -OCH3 is 1. The number of halogens is 1. The van der Waals surface area contributed by atoms with E-state index in [0.29, 0.717) is 11.4 Å². The van der Waals surface area contributed by atoms with Crippen LogP contribution in [0.1, 0.15) is 0 Å². The highest BCUT2D eigenvalue weighted by Crippen LogP contribution is 2.22. The highest BCUT2D eigenvalue weighted by Gasteiger charge is 1.96. The highest BCUT2D eigenvalue weighted by molar-refractivity contribution is 9.10. The van der Waals surface area contributed by atoms with Crippen molar-refractivity contribution in [2.24, 2.45) is 0 Å². The molecule has 0 saturated heterocycles. The van der Waals surface area contributed by atoms with Crippen LogP contribution in [0, 0.1) is 0 Å². The normalized spacial score (nSPS) is 5.13. The second-order valence-electron chi connectivity index (χ2n) is 2.27. The van der Waals surface area contributed by atoms with Gasteiger partial charge in [0.2, 0.25) is 0 Å². The van der Waals surface area contributed by atoms with Crippen LogP contribution in [-0.2, 0) is 4.74 Å². The zero-order chi connectivity index (χ0) is 8.97. The van der Waals surface area contributed by atoms with Gasteiger partial charge in [-0.3, -0.25) is 0 Å². The van der Waals surface area contributed by atoms with Gasteiger partial charge in [-0.05, 0) is 12.1 Å². The maximum Gasteiger partial charge on any atom is 0.188 e. The van der Waals surface area contributed by atoms with Gasteiger partial charge in [0.1, 0.15) is 5.75 Å². The third-order valence-electron chi connectivity index (χ3n) is 1.24. The zero-order valence-corrected chi connectivity index (χ0v) is 16.1. The van der Waals surface area contributed by atoms with Crippen molar-refractivity contribution in [2.45, 2.75) is 0 Å². The van der Waals surface area contributed by atoms with Crippen LogP contribution >= 0.6 is 15.9 Å². The van der Waals surface area contributed by atoms with E-state index in [1.165, 1.54) is 0 Å². The Hall–Kier alpha value is -1.18. The van der Waals surface area contributed by atoms with E-state index in [1.54, 1.807) is 19.2 Å². The Balaban J connectivity index is -0.0000000145. The molecule has 0 spiro atoms. The summed E-state index contributed by atoms with van der Waals surface area (Å²) in [4.78, 5) is 0. The van der Waals surface area contributed by atoms with Crippen molar-refractivity contribution in [1.82, 2.24) is 67.7 Å². The Bertz CT molecular complexity index is 263. The van der Waals surface area contributed by atoms with E-state index >= 15 is 0 Å². The third-order valence-corrected chi connectivity index (χ3v) is 1.69. The van der Waals surface area contributed by atoms with Crippen LogP contribution in [0.15, 0.2) is 22.7 Å². The van der Waals surface area contributed by atoms with Gasteiger partial charge in [-0.25, -0.2) is 0 Å². The van der Waals surface area contributed by atoms with E-state index in [-0.39, 0.29) is 74.4 Å². The third kappa shape index (κ3) is 33.6. The lowest BCUT2D eigenvalue weighted by Gasteiger charge is -2.05. The van der Waals surface area contributed by atoms with Gasteiger partial charge in [-0.2, -0.15) is 0 Å². The van der Waals surface area contributed by atoms with Gasteiger partial charge in [0.15, 0.2) is 6.79 Å². The molecule has 0 amide bonds. The number of ether oxygens (including phenoxy) is 2. The molecule has 35 N–H and O–H groups in total. The first kappa shape index (κ1) is 80.8. The Morgan fingerprint density at radius 3 is 1.48 bits per heavy atom. The molecule has 154 valence electrons. The molecule has 0 atom stereocenters. The Morgan fingerprint density at radius 1 is 0.783 bits per heavy atom. The molecule has 0 saturated carbocycles. The number of hydrogen-bond donors (Lipinski definition) is 12. The highest BCUT2D eigenvalue weighted by atomic mass is 79.9. The lowest BCUT2D eigenvalue weighted by Crippen LogP contribution is -1.99. The average molecular weight is 419 g/mol. The number of anilines is 1. The van der Waals surface area contributed by atoms with Crippen molar-refractivity contribution in [1.29, 1.82) is 0 Å². The summed E-state index contributed by atoms with van der Waals surface area (Å²) in [5, 5.41) is 0. The number of benzene rings is 1. The molecular weight excluding hydrogens is 376 g/mol. The van der Waals surface area contributed by atoms with E-state index in [2.05, 4.69) is 15.9 Å². The monoisotopic (exact) mass is 418 g/mol. The Labute approximate surface area is 147 Å². The van der Waals surface area contributed by atoms with Crippen LogP contribution < -0.4 is 78.1 Å². The molecule has 14 nitrogen and oxygen atoms in total. The van der Waals surface area contributed by atoms with Gasteiger partial charge in [-0.15, -0.1) is 0 Å². The van der Waals surface area contributed by atoms with Gasteiger partial charge in [0.25, 0.3) is 0 Å². The van der Waals surface area contributed by atoms with Crippen LogP contribution in [0.4, 0.5) is 5.69 Å². The number of rotatable bonds is 3. The maximum atomic E-state index is 5.58. The van der Waals surface area contributed by atoms with Crippen molar-refractivity contribution in [2.75, 3.05) is 19.6 Å². The fraction of sp³-hybridized carbons (Fsp3) is 0.250. The molecule has 0 bridgehead atoms. The fourth-order valence-electron chi connectivity index (χ4n) is 0.795. The zero-order valence-electron chi connectivity index (χ0n) is 14.5. The predicted molar refractivity (Wildman–Crippen MR) is 106 cm³/mol. The summed E-state index contributed by atoms with van der Waals surface area (Å²) in [6, 6.07) is 5.37. The summed E-state index contributed by atoms with van der Waals surface area (Å²) >= 11 is 3.30. The minimum atomic E-state index is 0. The lowest BCUT2D eigenvalue weighted by molar-refractivity contribution is 0.0511. The molecule has 0 unspecified atom stereocenters. The topological polar surface area (TPSA) is 429 Å². The van der Waals surface area contributed by atoms with E-state index in [0.717, 1.165) is 4.47 Å². The van der Waals surface area contributed by atoms with E-state index in [9.17, 15) is 0 Å². The first-order valence-corrected chi connectivity index (χ1v) is 4.19. The first-order chi connectivity index (χ1) is 5.72. The molecule has 0 fully saturated rings. The van der Waals surface area contributed by atoms with Gasteiger partial charge in [-0.1, -0.05) is 15.9 Å².